The van der Waals surface area contributed by atoms with Crippen LogP contribution in [-0.2, 0) is 0 Å². The molecular formula is C40H46I3N3. The molecule has 3 aromatic heterocycles. The van der Waals surface area contributed by atoms with Gasteiger partial charge in [0.25, 0.3) is 0 Å². The molecule has 3 nitrogen and oxygen atoms in total. The van der Waals surface area contributed by atoms with Gasteiger partial charge >= 0.3 is 0 Å². The molecule has 0 amide bonds. The summed E-state index contributed by atoms with van der Waals surface area (Å²) in [5.74, 6) is 0.0872. The number of hydrogen-bond acceptors (Lipinski definition) is 0. The fraction of sp³-hybridized carbons (Fsp3) is 0.400. The van der Waals surface area contributed by atoms with E-state index in [9.17, 15) is 0 Å². The van der Waals surface area contributed by atoms with Gasteiger partial charge in [-0.2, -0.15) is 0 Å². The fourth-order valence-corrected chi connectivity index (χ4v) is 12.0. The predicted octanol–water partition coefficient (Wildman–Crippen LogP) is 13.9. The number of alkyl halides is 3. The van der Waals surface area contributed by atoms with Crippen molar-refractivity contribution in [3.05, 3.63) is 107 Å². The molecule has 3 heterocycles. The van der Waals surface area contributed by atoms with Gasteiger partial charge in [0.05, 0.1) is 12.1 Å². The highest BCUT2D eigenvalue weighted by atomic mass is 127. The van der Waals surface area contributed by atoms with Gasteiger partial charge in [-0.3, -0.25) is 0 Å². The van der Waals surface area contributed by atoms with Gasteiger partial charge in [-0.1, -0.05) is 162 Å². The average molecular weight is 950 g/mol. The Balaban J connectivity index is 1.80. The number of nitrogens with zero attached hydrogens (tertiary/aromatic N) is 3. The topological polar surface area (TPSA) is 14.8 Å². The van der Waals surface area contributed by atoms with Gasteiger partial charge in [-0.05, 0) is 74.9 Å². The smallest absolute Gasteiger partial charge is 0.0855 e. The molecule has 6 rings (SSSR count). The van der Waals surface area contributed by atoms with Crippen LogP contribution in [0.3, 0.4) is 0 Å². The fourth-order valence-electron chi connectivity index (χ4n) is 7.96. The highest BCUT2D eigenvalue weighted by Crippen LogP contribution is 2.50. The van der Waals surface area contributed by atoms with Gasteiger partial charge < -0.3 is 13.7 Å². The zero-order valence-corrected chi connectivity index (χ0v) is 34.4. The average Bonchev–Trinajstić information content (AvgIpc) is 3.62. The monoisotopic (exact) mass is 949 g/mol. The second kappa shape index (κ2) is 14.5. The maximum atomic E-state index is 2.69. The molecule has 242 valence electrons. The minimum Gasteiger partial charge on any atom is -0.332 e. The number of fused-ring (bicyclic) bond motifs is 3. The largest absolute Gasteiger partial charge is 0.332 e. The summed E-state index contributed by atoms with van der Waals surface area (Å²) in [4.78, 5) is 0. The molecule has 6 heteroatoms. The number of para-hydroxylation sites is 3. The second-order valence-electron chi connectivity index (χ2n) is 12.8. The lowest BCUT2D eigenvalue weighted by molar-refractivity contribution is 0.632. The minimum atomic E-state index is 0.0872. The van der Waals surface area contributed by atoms with Crippen LogP contribution >= 0.6 is 67.8 Å². The van der Waals surface area contributed by atoms with Crippen LogP contribution in [0.5, 0.6) is 0 Å². The molecule has 0 N–H and O–H groups in total. The first kappa shape index (κ1) is 34.3. The summed E-state index contributed by atoms with van der Waals surface area (Å²) in [5.41, 5.74) is 12.6. The molecule has 46 heavy (non-hydrogen) atoms. The molecule has 3 atom stereocenters. The summed E-state index contributed by atoms with van der Waals surface area (Å²) in [5, 5.41) is 4.15. The summed E-state index contributed by atoms with van der Waals surface area (Å²) in [7, 11) is 0. The third kappa shape index (κ3) is 5.77. The Kier molecular flexibility index (Phi) is 10.8. The molecule has 0 fully saturated rings. The Morgan fingerprint density at radius 3 is 0.978 bits per heavy atom. The van der Waals surface area contributed by atoms with Crippen molar-refractivity contribution in [2.45, 2.75) is 98.1 Å². The van der Waals surface area contributed by atoms with Crippen molar-refractivity contribution in [3.8, 4) is 0 Å². The number of aromatic nitrogens is 3. The minimum absolute atomic E-state index is 0.0872. The molecule has 0 aliphatic heterocycles. The van der Waals surface area contributed by atoms with Crippen LogP contribution in [0.25, 0.3) is 32.7 Å². The molecule has 0 aliphatic rings. The van der Waals surface area contributed by atoms with E-state index < -0.39 is 0 Å². The second-order valence-corrected chi connectivity index (χ2v) is 17.1. The Hall–Kier alpha value is -1.53. The van der Waals surface area contributed by atoms with Crippen molar-refractivity contribution < 1.29 is 0 Å². The van der Waals surface area contributed by atoms with Crippen molar-refractivity contribution >= 4 is 100 Å². The Labute approximate surface area is 315 Å². The molecule has 0 radical (unpaired) electrons. The van der Waals surface area contributed by atoms with Crippen LogP contribution in [-0.4, -0.2) is 13.7 Å². The van der Waals surface area contributed by atoms with Gasteiger partial charge in [0.2, 0.25) is 0 Å². The first-order valence-corrected chi connectivity index (χ1v) is 20.7. The van der Waals surface area contributed by atoms with E-state index in [1.165, 1.54) is 85.7 Å². The van der Waals surface area contributed by atoms with E-state index in [1.54, 1.807) is 0 Å². The Bertz CT molecular complexity index is 1770. The van der Waals surface area contributed by atoms with Gasteiger partial charge in [0.15, 0.2) is 0 Å². The van der Waals surface area contributed by atoms with Crippen molar-refractivity contribution in [1.82, 2.24) is 13.7 Å². The summed E-state index contributed by atoms with van der Waals surface area (Å²) < 4.78 is 9.12. The first-order valence-electron chi connectivity index (χ1n) is 17.0. The van der Waals surface area contributed by atoms with Gasteiger partial charge in [-0.15, -0.1) is 0 Å². The third-order valence-corrected chi connectivity index (χ3v) is 13.4. The van der Waals surface area contributed by atoms with E-state index >= 15 is 0 Å². The van der Waals surface area contributed by atoms with E-state index in [0.29, 0.717) is 12.1 Å². The maximum absolute atomic E-state index is 2.69. The first-order chi connectivity index (χ1) is 22.3. The molecular weight excluding hydrogens is 903 g/mol. The predicted molar refractivity (Wildman–Crippen MR) is 225 cm³/mol. The van der Waals surface area contributed by atoms with Crippen LogP contribution in [0.4, 0.5) is 0 Å². The highest BCUT2D eigenvalue weighted by molar-refractivity contribution is 14.1. The quantitative estimate of drug-likeness (QED) is 0.0858. The lowest BCUT2D eigenvalue weighted by atomic mass is 9.81. The van der Waals surface area contributed by atoms with Crippen LogP contribution in [0.1, 0.15) is 111 Å². The molecule has 6 aromatic rings. The number of benzene rings is 3. The van der Waals surface area contributed by atoms with Crippen LogP contribution in [0, 0.1) is 20.8 Å². The van der Waals surface area contributed by atoms with Crippen molar-refractivity contribution in [2.75, 3.05) is 0 Å². The maximum Gasteiger partial charge on any atom is 0.0855 e. The Morgan fingerprint density at radius 1 is 0.457 bits per heavy atom. The van der Waals surface area contributed by atoms with Gasteiger partial charge in [0.1, 0.15) is 0 Å². The molecule has 0 spiro atoms. The standard InChI is InChI=1S/C40H46I3N3/c1-7-16-34(41)44-25(4)37(28-19-10-13-22-31(28)44)40(38-26(5)45(35(42)17-8-2)32-23-14-11-20-29(32)38)39-27(6)46(36(43)18-9-3)33-24-15-12-21-30(33)39/h10-15,19-24,34-36,40H,7-9,16-18H2,1-6H3. The summed E-state index contributed by atoms with van der Waals surface area (Å²) in [6.07, 6.45) is 6.97. The van der Waals surface area contributed by atoms with Gasteiger partial charge in [0, 0.05) is 55.7 Å². The van der Waals surface area contributed by atoms with Crippen molar-refractivity contribution in [3.63, 3.8) is 0 Å². The van der Waals surface area contributed by atoms with Crippen molar-refractivity contribution in [1.29, 1.82) is 0 Å². The lowest BCUT2D eigenvalue weighted by Gasteiger charge is -2.24. The number of halogens is 3. The Morgan fingerprint density at radius 2 is 0.717 bits per heavy atom. The van der Waals surface area contributed by atoms with Crippen LogP contribution in [0.15, 0.2) is 72.8 Å². The lowest BCUT2D eigenvalue weighted by Crippen LogP contribution is -2.12. The molecule has 0 saturated heterocycles. The molecule has 3 unspecified atom stereocenters. The van der Waals surface area contributed by atoms with Crippen LogP contribution in [0.2, 0.25) is 0 Å². The summed E-state index contributed by atoms with van der Waals surface area (Å²) in [6.45, 7) is 14.1. The van der Waals surface area contributed by atoms with Gasteiger partial charge in [-0.25, -0.2) is 0 Å². The number of hydrogen-bond donors (Lipinski definition) is 0. The molecule has 0 aliphatic carbocycles. The summed E-state index contributed by atoms with van der Waals surface area (Å²) >= 11 is 8.06. The van der Waals surface area contributed by atoms with Crippen molar-refractivity contribution in [2.24, 2.45) is 0 Å². The molecule has 0 saturated carbocycles. The zero-order valence-electron chi connectivity index (χ0n) is 28.0. The summed E-state index contributed by atoms with van der Waals surface area (Å²) in [6, 6.07) is 27.6. The molecule has 3 aromatic carbocycles. The van der Waals surface area contributed by atoms with E-state index in [0.717, 1.165) is 19.3 Å². The highest BCUT2D eigenvalue weighted by Gasteiger charge is 2.35. The van der Waals surface area contributed by atoms with E-state index in [-0.39, 0.29) is 5.92 Å². The SMILES string of the molecule is CCCC(I)n1c(C)c(C(c2c(C)n(C(I)CCC)c3ccccc23)c2c(C)n(C(I)CCC)c3ccccc23)c2ccccc21. The zero-order chi connectivity index (χ0) is 32.7. The van der Waals surface area contributed by atoms with E-state index in [4.69, 9.17) is 0 Å². The third-order valence-electron chi connectivity index (χ3n) is 9.90. The van der Waals surface area contributed by atoms with E-state index in [2.05, 4.69) is 196 Å². The number of rotatable bonds is 12. The normalized spacial score (nSPS) is 14.8. The molecule has 0 bridgehead atoms. The van der Waals surface area contributed by atoms with Crippen LogP contribution < -0.4 is 0 Å². The van der Waals surface area contributed by atoms with E-state index in [1.807, 2.05) is 0 Å².